The largest absolute Gasteiger partial charge is 0.376 e. The van der Waals surface area contributed by atoms with Crippen molar-refractivity contribution in [3.63, 3.8) is 0 Å². The number of fused-ring (bicyclic) bond motifs is 3. The number of rotatable bonds is 8. The summed E-state index contributed by atoms with van der Waals surface area (Å²) in [5.74, 6) is 0.945. The smallest absolute Gasteiger partial charge is 0.255 e. The highest BCUT2D eigenvalue weighted by Crippen LogP contribution is 2.31. The number of hydrogen-bond acceptors (Lipinski definition) is 9. The number of amides is 3. The van der Waals surface area contributed by atoms with Crippen molar-refractivity contribution in [1.82, 2.24) is 34.9 Å². The lowest BCUT2D eigenvalue weighted by Gasteiger charge is -2.30. The number of anilines is 5. The maximum absolute atomic E-state index is 13.4. The third kappa shape index (κ3) is 6.19. The van der Waals surface area contributed by atoms with Gasteiger partial charge in [0.2, 0.25) is 17.8 Å². The minimum Gasteiger partial charge on any atom is -0.376 e. The van der Waals surface area contributed by atoms with Gasteiger partial charge in [-0.15, -0.1) is 0 Å². The Labute approximate surface area is 295 Å². The molecule has 3 amide bonds. The number of aryl methyl sites for hydroxylation is 3. The van der Waals surface area contributed by atoms with Crippen molar-refractivity contribution < 1.29 is 14.4 Å². The van der Waals surface area contributed by atoms with Crippen LogP contribution in [-0.2, 0) is 36.1 Å². The topological polar surface area (TPSA) is 149 Å². The van der Waals surface area contributed by atoms with Crippen LogP contribution in [0, 0.1) is 13.8 Å². The van der Waals surface area contributed by atoms with Gasteiger partial charge in [0.1, 0.15) is 6.04 Å². The van der Waals surface area contributed by atoms with Crippen LogP contribution in [0.2, 0.25) is 0 Å². The first kappa shape index (κ1) is 32.2. The van der Waals surface area contributed by atoms with E-state index in [1.165, 1.54) is 5.56 Å². The molecule has 13 heteroatoms. The normalized spacial score (nSPS) is 16.9. The van der Waals surface area contributed by atoms with Gasteiger partial charge in [-0.05, 0) is 91.3 Å². The highest BCUT2D eigenvalue weighted by atomic mass is 16.2. The average Bonchev–Trinajstić information content (AvgIpc) is 3.63. The highest BCUT2D eigenvalue weighted by Gasteiger charge is 2.37. The molecule has 5 aromatic rings. The first-order valence-corrected chi connectivity index (χ1v) is 17.4. The summed E-state index contributed by atoms with van der Waals surface area (Å²) < 4.78 is 1.75. The number of carbonyl (C=O) groups excluding carboxylic acids is 3. The fraction of sp³-hybridized carbons (Fsp3) is 0.316. The highest BCUT2D eigenvalue weighted by molar-refractivity contribution is 6.01. The number of benzene rings is 3. The molecule has 13 nitrogen and oxygen atoms in total. The Bertz CT molecular complexity index is 2190. The third-order valence-corrected chi connectivity index (χ3v) is 10.1. The Kier molecular flexibility index (Phi) is 8.25. The van der Waals surface area contributed by atoms with Crippen LogP contribution in [0.1, 0.15) is 51.0 Å². The van der Waals surface area contributed by atoms with E-state index < -0.39 is 6.04 Å². The molecule has 5 heterocycles. The van der Waals surface area contributed by atoms with E-state index in [0.717, 1.165) is 57.5 Å². The Morgan fingerprint density at radius 1 is 0.961 bits per heavy atom. The summed E-state index contributed by atoms with van der Waals surface area (Å²) in [6.45, 7) is 6.44. The fourth-order valence-electron chi connectivity index (χ4n) is 7.34. The zero-order valence-electron chi connectivity index (χ0n) is 28.9. The number of nitrogens with zero attached hydrogens (tertiary/aromatic N) is 6. The predicted molar refractivity (Wildman–Crippen MR) is 195 cm³/mol. The van der Waals surface area contributed by atoms with Crippen LogP contribution in [0.4, 0.5) is 28.8 Å². The van der Waals surface area contributed by atoms with Crippen LogP contribution < -0.4 is 21.3 Å². The van der Waals surface area contributed by atoms with Gasteiger partial charge in [0.25, 0.3) is 5.91 Å². The summed E-state index contributed by atoms with van der Waals surface area (Å²) in [6.07, 6.45) is 4.07. The van der Waals surface area contributed by atoms with Crippen molar-refractivity contribution in [2.75, 3.05) is 35.6 Å². The molecule has 260 valence electrons. The maximum atomic E-state index is 13.4. The molecule has 8 rings (SSSR count). The zero-order valence-corrected chi connectivity index (χ0v) is 28.9. The van der Waals surface area contributed by atoms with Crippen molar-refractivity contribution in [1.29, 1.82) is 0 Å². The van der Waals surface area contributed by atoms with Crippen molar-refractivity contribution in [3.8, 4) is 0 Å². The van der Waals surface area contributed by atoms with Crippen LogP contribution >= 0.6 is 0 Å². The lowest BCUT2D eigenvalue weighted by Crippen LogP contribution is -2.50. The molecule has 3 aromatic carbocycles. The molecule has 1 fully saturated rings. The lowest BCUT2D eigenvalue weighted by atomic mass is 9.99. The molecule has 1 atom stereocenters. The van der Waals surface area contributed by atoms with Crippen LogP contribution in [-0.4, -0.2) is 72.9 Å². The Morgan fingerprint density at radius 3 is 2.59 bits per heavy atom. The van der Waals surface area contributed by atoms with Gasteiger partial charge in [0.15, 0.2) is 11.5 Å². The number of piperidine rings is 1. The van der Waals surface area contributed by atoms with E-state index in [0.29, 0.717) is 55.6 Å². The van der Waals surface area contributed by atoms with E-state index in [9.17, 15) is 14.4 Å². The van der Waals surface area contributed by atoms with E-state index in [2.05, 4.69) is 69.5 Å². The lowest BCUT2D eigenvalue weighted by molar-refractivity contribution is -0.130. The maximum Gasteiger partial charge on any atom is 0.255 e. The molecule has 3 aliphatic rings. The SMILES string of the molecule is Cc1cccc(C)c1Nc1nn(C)c2nc(Nc3ccc4c(c3)CN(C(=O)CNc3ccc5c(c3)CN(C3CCCNC3=O)C5=O)CC4)ncc12. The molecule has 51 heavy (non-hydrogen) atoms. The second-order valence-corrected chi connectivity index (χ2v) is 13.6. The van der Waals surface area contributed by atoms with Crippen molar-refractivity contribution in [2.24, 2.45) is 7.05 Å². The van der Waals surface area contributed by atoms with E-state index in [-0.39, 0.29) is 24.3 Å². The van der Waals surface area contributed by atoms with Crippen molar-refractivity contribution >= 4 is 57.6 Å². The zero-order chi connectivity index (χ0) is 35.2. The Balaban J connectivity index is 0.905. The van der Waals surface area contributed by atoms with Gasteiger partial charge in [-0.1, -0.05) is 24.3 Å². The number of hydrogen-bond donors (Lipinski definition) is 4. The van der Waals surface area contributed by atoms with Crippen molar-refractivity contribution in [3.05, 3.63) is 94.2 Å². The summed E-state index contributed by atoms with van der Waals surface area (Å²) in [7, 11) is 1.87. The molecule has 0 spiro atoms. The van der Waals surface area contributed by atoms with E-state index in [1.54, 1.807) is 21.8 Å². The van der Waals surface area contributed by atoms with Crippen molar-refractivity contribution in [2.45, 2.75) is 52.2 Å². The molecule has 1 unspecified atom stereocenters. The second-order valence-electron chi connectivity index (χ2n) is 13.6. The summed E-state index contributed by atoms with van der Waals surface area (Å²) in [5, 5.41) is 18.4. The van der Waals surface area contributed by atoms with Gasteiger partial charge in [-0.2, -0.15) is 10.1 Å². The summed E-state index contributed by atoms with van der Waals surface area (Å²) in [5.41, 5.74) is 9.36. The molecule has 0 aliphatic carbocycles. The number of aromatic nitrogens is 4. The summed E-state index contributed by atoms with van der Waals surface area (Å²) in [4.78, 5) is 51.7. The number of carbonyl (C=O) groups is 3. The second kappa shape index (κ2) is 13.0. The minimum atomic E-state index is -0.434. The van der Waals surface area contributed by atoms with Crippen LogP contribution in [0.3, 0.4) is 0 Å². The monoisotopic (exact) mass is 684 g/mol. The van der Waals surface area contributed by atoms with Gasteiger partial charge in [0, 0.05) is 62.0 Å². The molecular formula is C38H40N10O3. The van der Waals surface area contributed by atoms with Gasteiger partial charge < -0.3 is 31.1 Å². The summed E-state index contributed by atoms with van der Waals surface area (Å²) in [6, 6.07) is 17.4. The van der Waals surface area contributed by atoms with E-state index >= 15 is 0 Å². The van der Waals surface area contributed by atoms with Crippen LogP contribution in [0.25, 0.3) is 11.0 Å². The Hall–Kier alpha value is -5.98. The Morgan fingerprint density at radius 2 is 1.76 bits per heavy atom. The molecule has 0 radical (unpaired) electrons. The number of para-hydroxylation sites is 1. The fourth-order valence-corrected chi connectivity index (χ4v) is 7.34. The summed E-state index contributed by atoms with van der Waals surface area (Å²) >= 11 is 0. The quantitative estimate of drug-likeness (QED) is 0.183. The average molecular weight is 685 g/mol. The molecule has 0 saturated carbocycles. The van der Waals surface area contributed by atoms with Gasteiger partial charge >= 0.3 is 0 Å². The van der Waals surface area contributed by atoms with E-state index in [1.807, 2.05) is 36.2 Å². The van der Waals surface area contributed by atoms with E-state index in [4.69, 9.17) is 4.98 Å². The minimum absolute atomic E-state index is 0.00798. The number of nitrogens with one attached hydrogen (secondary N) is 4. The first-order chi connectivity index (χ1) is 24.7. The van der Waals surface area contributed by atoms with Crippen LogP contribution in [0.15, 0.2) is 60.8 Å². The standard InChI is InChI=1S/C38H40N10O3/c1-22-6-4-7-23(2)33(22)43-34-30-18-41-38(44-35(30)46(3)45-34)42-28-10-9-24-13-15-47(20-25(24)16-28)32(49)19-40-27-11-12-29-26(17-27)21-48(37(29)51)31-8-5-14-39-36(31)50/h4,6-7,9-12,16-18,31,40H,5,8,13-15,19-21H2,1-3H3,(H,39,50)(H,43,45)(H,41,42,44). The van der Waals surface area contributed by atoms with Gasteiger partial charge in [-0.25, -0.2) is 9.67 Å². The molecular weight excluding hydrogens is 644 g/mol. The third-order valence-electron chi connectivity index (χ3n) is 10.1. The van der Waals surface area contributed by atoms with Gasteiger partial charge in [-0.3, -0.25) is 14.4 Å². The molecule has 1 saturated heterocycles. The van der Waals surface area contributed by atoms with Gasteiger partial charge in [0.05, 0.1) is 11.9 Å². The molecule has 4 N–H and O–H groups in total. The molecule has 0 bridgehead atoms. The molecule has 2 aromatic heterocycles. The van der Waals surface area contributed by atoms with Crippen LogP contribution in [0.5, 0.6) is 0 Å². The molecule has 3 aliphatic heterocycles. The predicted octanol–water partition coefficient (Wildman–Crippen LogP) is 4.70. The first-order valence-electron chi connectivity index (χ1n) is 17.4.